The van der Waals surface area contributed by atoms with Crippen LogP contribution in [0, 0.1) is 23.7 Å². The van der Waals surface area contributed by atoms with Gasteiger partial charge in [0.1, 0.15) is 17.9 Å². The standard InChI is InChI=1S/C27H20FN7O/c28-18-12-24-25(32-16-34(24)15-18)23(35-14-17-6-4-5-8-22(17)33-35)9-3-1-2-7-19-20-10-11-30-27(20)31-13-21(19)26(29)36/h4-6,8,10-11,13-14,16,18,23H,9,12,15H2,(H2,29,36)(H,30,31)/t18-,23?/m1/s1. The monoisotopic (exact) mass is 477 g/mol. The normalized spacial score (nSPS) is 15.2. The van der Waals surface area contributed by atoms with E-state index < -0.39 is 12.1 Å². The molecular formula is C27H20FN7O. The van der Waals surface area contributed by atoms with Gasteiger partial charge < -0.3 is 15.3 Å². The Hall–Kier alpha value is -4.89. The molecule has 0 radical (unpaired) electrons. The van der Waals surface area contributed by atoms with Crippen LogP contribution in [0.15, 0.2) is 55.2 Å². The molecule has 1 aliphatic heterocycles. The van der Waals surface area contributed by atoms with Crippen LogP contribution in [0.3, 0.4) is 0 Å². The number of nitrogens with zero attached hydrogens (tertiary/aromatic N) is 5. The van der Waals surface area contributed by atoms with E-state index in [1.807, 2.05) is 39.7 Å². The number of hydrogen-bond acceptors (Lipinski definition) is 4. The zero-order valence-corrected chi connectivity index (χ0v) is 19.1. The Labute approximate surface area is 205 Å². The quantitative estimate of drug-likeness (QED) is 0.388. The molecule has 0 bridgehead atoms. The fraction of sp³-hybridized carbons (Fsp3) is 0.185. The number of carbonyl (C=O) groups excluding carboxylic acids is 1. The summed E-state index contributed by atoms with van der Waals surface area (Å²) in [7, 11) is 0. The zero-order chi connectivity index (χ0) is 24.6. The topological polar surface area (TPSA) is 107 Å². The van der Waals surface area contributed by atoms with Gasteiger partial charge in [-0.15, -0.1) is 0 Å². The molecule has 1 unspecified atom stereocenters. The van der Waals surface area contributed by atoms with Gasteiger partial charge in [0, 0.05) is 47.9 Å². The molecule has 5 aromatic rings. The van der Waals surface area contributed by atoms with Crippen molar-refractivity contribution in [3.63, 3.8) is 0 Å². The van der Waals surface area contributed by atoms with Crippen LogP contribution >= 0.6 is 0 Å². The highest BCUT2D eigenvalue weighted by Gasteiger charge is 2.29. The van der Waals surface area contributed by atoms with E-state index in [-0.39, 0.29) is 11.6 Å². The SMILES string of the molecule is NC(=O)c1cnc2[nH]ccc2c1C#CC#CCC(c1ncn2c1C[C@@H](F)C2)n1cc2ccccc2n1. The molecule has 6 rings (SSSR count). The summed E-state index contributed by atoms with van der Waals surface area (Å²) in [6, 6.07) is 9.33. The largest absolute Gasteiger partial charge is 0.366 e. The van der Waals surface area contributed by atoms with Gasteiger partial charge in [-0.2, -0.15) is 5.10 Å². The Balaban J connectivity index is 1.35. The van der Waals surface area contributed by atoms with E-state index in [0.717, 1.165) is 22.3 Å². The number of hydrogen-bond donors (Lipinski definition) is 2. The molecule has 0 saturated carbocycles. The fourth-order valence-electron chi connectivity index (χ4n) is 4.64. The molecule has 0 fully saturated rings. The van der Waals surface area contributed by atoms with Gasteiger partial charge in [0.05, 0.1) is 35.2 Å². The molecule has 0 spiro atoms. The summed E-state index contributed by atoms with van der Waals surface area (Å²) < 4.78 is 17.8. The van der Waals surface area contributed by atoms with Crippen LogP contribution in [0.25, 0.3) is 21.9 Å². The lowest BCUT2D eigenvalue weighted by Crippen LogP contribution is -2.13. The molecule has 36 heavy (non-hydrogen) atoms. The Morgan fingerprint density at radius 3 is 3.00 bits per heavy atom. The van der Waals surface area contributed by atoms with Crippen LogP contribution in [0.5, 0.6) is 0 Å². The number of benzene rings is 1. The first-order valence-electron chi connectivity index (χ1n) is 11.4. The molecule has 8 nitrogen and oxygen atoms in total. The zero-order valence-electron chi connectivity index (χ0n) is 19.1. The van der Waals surface area contributed by atoms with Crippen LogP contribution in [0.2, 0.25) is 0 Å². The van der Waals surface area contributed by atoms with Crippen molar-refractivity contribution in [2.45, 2.75) is 31.6 Å². The van der Waals surface area contributed by atoms with Gasteiger partial charge in [-0.05, 0) is 24.0 Å². The predicted octanol–water partition coefficient (Wildman–Crippen LogP) is 3.14. The number of H-pyrrole nitrogens is 1. The number of aromatic nitrogens is 6. The van der Waals surface area contributed by atoms with Crippen molar-refractivity contribution in [3.05, 3.63) is 77.8 Å². The number of imidazole rings is 1. The molecule has 176 valence electrons. The molecule has 2 atom stereocenters. The number of pyridine rings is 1. The smallest absolute Gasteiger partial charge is 0.251 e. The molecule has 3 N–H and O–H groups in total. The van der Waals surface area contributed by atoms with Crippen LogP contribution in [-0.4, -0.2) is 41.4 Å². The number of aromatic amines is 1. The van der Waals surface area contributed by atoms with Crippen molar-refractivity contribution in [1.29, 1.82) is 0 Å². The predicted molar refractivity (Wildman–Crippen MR) is 133 cm³/mol. The summed E-state index contributed by atoms with van der Waals surface area (Å²) >= 11 is 0. The van der Waals surface area contributed by atoms with Crippen molar-refractivity contribution < 1.29 is 9.18 Å². The van der Waals surface area contributed by atoms with Crippen molar-refractivity contribution in [1.82, 2.24) is 29.3 Å². The highest BCUT2D eigenvalue weighted by molar-refractivity contribution is 6.00. The summed E-state index contributed by atoms with van der Waals surface area (Å²) in [4.78, 5) is 23.7. The molecular weight excluding hydrogens is 457 g/mol. The molecule has 4 aromatic heterocycles. The Morgan fingerprint density at radius 1 is 1.25 bits per heavy atom. The number of amides is 1. The second kappa shape index (κ2) is 8.71. The minimum atomic E-state index is -0.916. The summed E-state index contributed by atoms with van der Waals surface area (Å²) in [5.41, 5.74) is 9.36. The average molecular weight is 478 g/mol. The number of halogens is 1. The van der Waals surface area contributed by atoms with Crippen LogP contribution in [0.1, 0.15) is 39.8 Å². The first-order chi connectivity index (χ1) is 17.6. The van der Waals surface area contributed by atoms with E-state index in [2.05, 4.69) is 38.6 Å². The third-order valence-electron chi connectivity index (χ3n) is 6.34. The highest BCUT2D eigenvalue weighted by Crippen LogP contribution is 2.30. The summed E-state index contributed by atoms with van der Waals surface area (Å²) in [6.07, 6.45) is 6.57. The molecule has 9 heteroatoms. The third kappa shape index (κ3) is 3.77. The average Bonchev–Trinajstić information content (AvgIpc) is 3.64. The van der Waals surface area contributed by atoms with Crippen molar-refractivity contribution in [2.75, 3.05) is 0 Å². The maximum atomic E-state index is 14.1. The first kappa shape index (κ1) is 21.6. The molecule has 1 amide bonds. The summed E-state index contributed by atoms with van der Waals surface area (Å²) in [5.74, 6) is 11.2. The minimum absolute atomic E-state index is 0.242. The van der Waals surface area contributed by atoms with E-state index in [1.54, 1.807) is 18.6 Å². The van der Waals surface area contributed by atoms with Gasteiger partial charge in [0.25, 0.3) is 5.91 Å². The number of primary amides is 1. The number of rotatable bonds is 4. The van der Waals surface area contributed by atoms with Gasteiger partial charge in [-0.3, -0.25) is 9.48 Å². The van der Waals surface area contributed by atoms with Crippen LogP contribution in [-0.2, 0) is 13.0 Å². The highest BCUT2D eigenvalue weighted by atomic mass is 19.1. The minimum Gasteiger partial charge on any atom is -0.366 e. The Morgan fingerprint density at radius 2 is 2.14 bits per heavy atom. The maximum Gasteiger partial charge on any atom is 0.251 e. The lowest BCUT2D eigenvalue weighted by atomic mass is 10.1. The van der Waals surface area contributed by atoms with Crippen LogP contribution in [0.4, 0.5) is 4.39 Å². The van der Waals surface area contributed by atoms with E-state index in [0.29, 0.717) is 36.0 Å². The van der Waals surface area contributed by atoms with Gasteiger partial charge in [-0.1, -0.05) is 30.0 Å². The number of nitrogens with one attached hydrogen (secondary N) is 1. The number of fused-ring (bicyclic) bond motifs is 3. The van der Waals surface area contributed by atoms with Crippen LogP contribution < -0.4 is 5.73 Å². The second-order valence-electron chi connectivity index (χ2n) is 8.62. The van der Waals surface area contributed by atoms with Gasteiger partial charge in [0.15, 0.2) is 0 Å². The van der Waals surface area contributed by atoms with E-state index in [1.165, 1.54) is 6.20 Å². The van der Waals surface area contributed by atoms with Gasteiger partial charge in [-0.25, -0.2) is 14.4 Å². The van der Waals surface area contributed by atoms with E-state index in [9.17, 15) is 9.18 Å². The summed E-state index contributed by atoms with van der Waals surface area (Å²) in [6.45, 7) is 0.315. The van der Waals surface area contributed by atoms with Crippen molar-refractivity contribution in [3.8, 4) is 23.7 Å². The molecule has 0 aliphatic carbocycles. The van der Waals surface area contributed by atoms with E-state index >= 15 is 0 Å². The second-order valence-corrected chi connectivity index (χ2v) is 8.62. The van der Waals surface area contributed by atoms with E-state index in [4.69, 9.17) is 10.8 Å². The fourth-order valence-corrected chi connectivity index (χ4v) is 4.64. The lowest BCUT2D eigenvalue weighted by Gasteiger charge is -2.14. The summed E-state index contributed by atoms with van der Waals surface area (Å²) in [5, 5.41) is 6.43. The van der Waals surface area contributed by atoms with Crippen molar-refractivity contribution >= 4 is 27.8 Å². The first-order valence-corrected chi connectivity index (χ1v) is 11.4. The maximum absolute atomic E-state index is 14.1. The number of carbonyl (C=O) groups is 1. The molecule has 0 saturated heterocycles. The Bertz CT molecular complexity index is 1720. The van der Waals surface area contributed by atoms with Gasteiger partial charge in [0.2, 0.25) is 0 Å². The molecule has 5 heterocycles. The lowest BCUT2D eigenvalue weighted by molar-refractivity contribution is 0.1000. The van der Waals surface area contributed by atoms with Crippen molar-refractivity contribution in [2.24, 2.45) is 5.73 Å². The molecule has 1 aliphatic rings. The number of alkyl halides is 1. The Kier molecular flexibility index (Phi) is 5.24. The number of nitrogens with two attached hydrogens (primary N) is 1. The molecule has 1 aromatic carbocycles. The van der Waals surface area contributed by atoms with Gasteiger partial charge >= 0.3 is 0 Å². The third-order valence-corrected chi connectivity index (χ3v) is 6.34.